The Labute approximate surface area is 85.2 Å². The highest BCUT2D eigenvalue weighted by molar-refractivity contribution is 5.75. The number of carbonyl (C=O) groups excluding carboxylic acids is 1. The molecule has 0 spiro atoms. The van der Waals surface area contributed by atoms with E-state index in [0.29, 0.717) is 19.1 Å². The molecular weight excluding hydrogens is 178 g/mol. The second kappa shape index (κ2) is 4.78. The van der Waals surface area contributed by atoms with E-state index in [-0.39, 0.29) is 5.91 Å². The maximum absolute atomic E-state index is 11.4. The van der Waals surface area contributed by atoms with E-state index >= 15 is 0 Å². The van der Waals surface area contributed by atoms with Gasteiger partial charge < -0.3 is 10.1 Å². The van der Waals surface area contributed by atoms with Crippen molar-refractivity contribution in [1.82, 2.24) is 5.32 Å². The molecule has 1 saturated carbocycles. The van der Waals surface area contributed by atoms with Crippen LogP contribution in [0.3, 0.4) is 0 Å². The number of epoxide rings is 1. The van der Waals surface area contributed by atoms with E-state index < -0.39 is 0 Å². The van der Waals surface area contributed by atoms with Crippen molar-refractivity contribution in [2.24, 2.45) is 5.92 Å². The highest BCUT2D eigenvalue weighted by atomic mass is 16.6. The Kier molecular flexibility index (Phi) is 3.40. The predicted octanol–water partition coefficient (Wildman–Crippen LogP) is 1.47. The number of rotatable bonds is 5. The van der Waals surface area contributed by atoms with Crippen LogP contribution in [0.4, 0.5) is 0 Å². The third kappa shape index (κ3) is 3.29. The quantitative estimate of drug-likeness (QED) is 0.678. The van der Waals surface area contributed by atoms with Gasteiger partial charge in [-0.15, -0.1) is 0 Å². The summed E-state index contributed by atoms with van der Waals surface area (Å²) in [6.45, 7) is 1.53. The van der Waals surface area contributed by atoms with E-state index in [0.717, 1.165) is 18.9 Å². The molecule has 2 rings (SSSR count). The number of nitrogens with one attached hydrogen (secondary N) is 1. The lowest BCUT2D eigenvalue weighted by Crippen LogP contribution is -2.27. The summed E-state index contributed by atoms with van der Waals surface area (Å²) >= 11 is 0. The van der Waals surface area contributed by atoms with Crippen LogP contribution in [0.1, 0.15) is 38.5 Å². The molecule has 2 fully saturated rings. The molecular formula is C11H19NO2. The molecule has 80 valence electrons. The summed E-state index contributed by atoms with van der Waals surface area (Å²) in [6.07, 6.45) is 7.49. The van der Waals surface area contributed by atoms with Crippen molar-refractivity contribution >= 4 is 5.91 Å². The molecule has 0 radical (unpaired) electrons. The van der Waals surface area contributed by atoms with Crippen LogP contribution in [0.15, 0.2) is 0 Å². The summed E-state index contributed by atoms with van der Waals surface area (Å²) < 4.78 is 5.02. The second-order valence-corrected chi connectivity index (χ2v) is 4.45. The van der Waals surface area contributed by atoms with Gasteiger partial charge in [-0.2, -0.15) is 0 Å². The zero-order valence-corrected chi connectivity index (χ0v) is 8.63. The first kappa shape index (κ1) is 9.97. The zero-order chi connectivity index (χ0) is 9.80. The van der Waals surface area contributed by atoms with Gasteiger partial charge in [-0.25, -0.2) is 0 Å². The van der Waals surface area contributed by atoms with Crippen LogP contribution in [0.25, 0.3) is 0 Å². The van der Waals surface area contributed by atoms with E-state index in [9.17, 15) is 4.79 Å². The molecule has 0 aromatic carbocycles. The van der Waals surface area contributed by atoms with Crippen molar-refractivity contribution in [2.75, 3.05) is 13.2 Å². The van der Waals surface area contributed by atoms with Crippen LogP contribution in [-0.4, -0.2) is 25.2 Å². The van der Waals surface area contributed by atoms with Gasteiger partial charge in [0.2, 0.25) is 5.91 Å². The van der Waals surface area contributed by atoms with Gasteiger partial charge in [0.15, 0.2) is 0 Å². The highest BCUT2D eigenvalue weighted by Crippen LogP contribution is 2.28. The number of carbonyl (C=O) groups is 1. The molecule has 3 heteroatoms. The van der Waals surface area contributed by atoms with E-state index in [4.69, 9.17) is 4.74 Å². The van der Waals surface area contributed by atoms with Gasteiger partial charge in [0, 0.05) is 13.0 Å². The van der Waals surface area contributed by atoms with Crippen molar-refractivity contribution in [2.45, 2.75) is 44.6 Å². The molecule has 2 aliphatic rings. The standard InChI is InChI=1S/C11H19NO2/c13-11(12-7-10-8-14-10)6-5-9-3-1-2-4-9/h9-10H,1-8H2,(H,12,13)/t10-/m1/s1. The predicted molar refractivity (Wildman–Crippen MR) is 53.9 cm³/mol. The molecule has 0 aromatic rings. The highest BCUT2D eigenvalue weighted by Gasteiger charge is 2.23. The van der Waals surface area contributed by atoms with Crippen molar-refractivity contribution < 1.29 is 9.53 Å². The molecule has 1 saturated heterocycles. The molecule has 1 aliphatic carbocycles. The van der Waals surface area contributed by atoms with Crippen LogP contribution < -0.4 is 5.32 Å². The fraction of sp³-hybridized carbons (Fsp3) is 0.909. The lowest BCUT2D eigenvalue weighted by molar-refractivity contribution is -0.121. The zero-order valence-electron chi connectivity index (χ0n) is 8.63. The topological polar surface area (TPSA) is 41.6 Å². The third-order valence-electron chi connectivity index (χ3n) is 3.18. The van der Waals surface area contributed by atoms with Crippen LogP contribution in [-0.2, 0) is 9.53 Å². The fourth-order valence-corrected chi connectivity index (χ4v) is 2.14. The SMILES string of the molecule is O=C(CCC1CCCC1)NC[C@@H]1CO1. The van der Waals surface area contributed by atoms with Crippen molar-refractivity contribution in [3.63, 3.8) is 0 Å². The van der Waals surface area contributed by atoms with E-state index in [1.54, 1.807) is 0 Å². The van der Waals surface area contributed by atoms with Gasteiger partial charge >= 0.3 is 0 Å². The van der Waals surface area contributed by atoms with Gasteiger partial charge in [-0.3, -0.25) is 4.79 Å². The molecule has 1 N–H and O–H groups in total. The smallest absolute Gasteiger partial charge is 0.220 e. The second-order valence-electron chi connectivity index (χ2n) is 4.45. The summed E-state index contributed by atoms with van der Waals surface area (Å²) in [5.74, 6) is 1.02. The van der Waals surface area contributed by atoms with Gasteiger partial charge in [-0.05, 0) is 12.3 Å². The maximum Gasteiger partial charge on any atom is 0.220 e. The minimum atomic E-state index is 0.201. The van der Waals surface area contributed by atoms with Crippen molar-refractivity contribution in [3.8, 4) is 0 Å². The Morgan fingerprint density at radius 1 is 1.36 bits per heavy atom. The van der Waals surface area contributed by atoms with E-state index in [2.05, 4.69) is 5.32 Å². The number of amides is 1. The first-order chi connectivity index (χ1) is 6.84. The summed E-state index contributed by atoms with van der Waals surface area (Å²) in [4.78, 5) is 11.4. The molecule has 0 unspecified atom stereocenters. The minimum absolute atomic E-state index is 0.201. The molecule has 1 amide bonds. The van der Waals surface area contributed by atoms with Gasteiger partial charge in [-0.1, -0.05) is 25.7 Å². The Bertz CT molecular complexity index is 195. The minimum Gasteiger partial charge on any atom is -0.371 e. The van der Waals surface area contributed by atoms with E-state index in [1.807, 2.05) is 0 Å². The van der Waals surface area contributed by atoms with Crippen LogP contribution >= 0.6 is 0 Å². The average molecular weight is 197 g/mol. The van der Waals surface area contributed by atoms with Crippen LogP contribution in [0.5, 0.6) is 0 Å². The molecule has 3 nitrogen and oxygen atoms in total. The summed E-state index contributed by atoms with van der Waals surface area (Å²) in [6, 6.07) is 0. The molecule has 1 aliphatic heterocycles. The largest absolute Gasteiger partial charge is 0.371 e. The molecule has 0 bridgehead atoms. The van der Waals surface area contributed by atoms with Crippen LogP contribution in [0.2, 0.25) is 0 Å². The maximum atomic E-state index is 11.4. The summed E-state index contributed by atoms with van der Waals surface area (Å²) in [5, 5.41) is 2.90. The third-order valence-corrected chi connectivity index (χ3v) is 3.18. The summed E-state index contributed by atoms with van der Waals surface area (Å²) in [5.41, 5.74) is 0. The van der Waals surface area contributed by atoms with Crippen molar-refractivity contribution in [1.29, 1.82) is 0 Å². The lowest BCUT2D eigenvalue weighted by Gasteiger charge is -2.08. The number of hydrogen-bond acceptors (Lipinski definition) is 2. The molecule has 1 heterocycles. The first-order valence-corrected chi connectivity index (χ1v) is 5.73. The Morgan fingerprint density at radius 2 is 2.07 bits per heavy atom. The lowest BCUT2D eigenvalue weighted by atomic mass is 10.0. The van der Waals surface area contributed by atoms with Gasteiger partial charge in [0.1, 0.15) is 0 Å². The Morgan fingerprint density at radius 3 is 2.71 bits per heavy atom. The molecule has 14 heavy (non-hydrogen) atoms. The van der Waals surface area contributed by atoms with E-state index in [1.165, 1.54) is 25.7 Å². The Balaban J connectivity index is 1.52. The van der Waals surface area contributed by atoms with Crippen LogP contribution in [0, 0.1) is 5.92 Å². The Hall–Kier alpha value is -0.570. The number of hydrogen-bond donors (Lipinski definition) is 1. The number of ether oxygens (including phenoxy) is 1. The molecule has 1 atom stereocenters. The fourth-order valence-electron chi connectivity index (χ4n) is 2.14. The van der Waals surface area contributed by atoms with Crippen molar-refractivity contribution in [3.05, 3.63) is 0 Å². The summed E-state index contributed by atoms with van der Waals surface area (Å²) in [7, 11) is 0. The monoisotopic (exact) mass is 197 g/mol. The molecule has 0 aromatic heterocycles. The van der Waals surface area contributed by atoms with Gasteiger partial charge in [0.25, 0.3) is 0 Å². The first-order valence-electron chi connectivity index (χ1n) is 5.73. The van der Waals surface area contributed by atoms with Gasteiger partial charge in [0.05, 0.1) is 12.7 Å². The average Bonchev–Trinajstić information content (AvgIpc) is 2.87. The normalized spacial score (nSPS) is 26.4.